The fourth-order valence-electron chi connectivity index (χ4n) is 4.16. The van der Waals surface area contributed by atoms with E-state index in [1.807, 2.05) is 6.07 Å². The quantitative estimate of drug-likeness (QED) is 0.743. The number of ether oxygens (including phenoxy) is 1. The van der Waals surface area contributed by atoms with Crippen LogP contribution in [0, 0.1) is 5.82 Å². The number of halogens is 1. The van der Waals surface area contributed by atoms with Crippen LogP contribution in [0.1, 0.15) is 33.8 Å². The number of anilines is 1. The average molecular weight is 444 g/mol. The molecular formula is C23H26FN3O3S. The molecule has 0 aliphatic carbocycles. The molecule has 2 saturated heterocycles. The van der Waals surface area contributed by atoms with Crippen LogP contribution in [0.15, 0.2) is 42.5 Å². The van der Waals surface area contributed by atoms with Crippen LogP contribution in [0.5, 0.6) is 0 Å². The molecule has 8 heteroatoms. The molecule has 0 radical (unpaired) electrons. The van der Waals surface area contributed by atoms with Gasteiger partial charge in [-0.15, -0.1) is 11.8 Å². The Balaban J connectivity index is 1.69. The maximum atomic E-state index is 13.4. The largest absolute Gasteiger partial charge is 0.379 e. The Morgan fingerprint density at radius 2 is 1.94 bits per heavy atom. The lowest BCUT2D eigenvalue weighted by Crippen LogP contribution is -2.43. The second-order valence-electron chi connectivity index (χ2n) is 7.89. The Hall–Kier alpha value is -2.42. The second kappa shape index (κ2) is 9.38. The summed E-state index contributed by atoms with van der Waals surface area (Å²) in [7, 11) is 0. The van der Waals surface area contributed by atoms with Gasteiger partial charge in [0.1, 0.15) is 11.2 Å². The maximum Gasteiger partial charge on any atom is 0.248 e. The van der Waals surface area contributed by atoms with Gasteiger partial charge in [0.25, 0.3) is 0 Å². The number of nitrogens with two attached hydrogens (primary N) is 1. The van der Waals surface area contributed by atoms with E-state index in [0.717, 1.165) is 29.9 Å². The highest BCUT2D eigenvalue weighted by Gasteiger charge is 2.35. The summed E-state index contributed by atoms with van der Waals surface area (Å²) in [5.74, 6) is -0.469. The molecule has 2 amide bonds. The Morgan fingerprint density at radius 1 is 1.23 bits per heavy atom. The minimum absolute atomic E-state index is 0.00794. The summed E-state index contributed by atoms with van der Waals surface area (Å²) in [5, 5.41) is -0.245. The fourth-order valence-corrected chi connectivity index (χ4v) is 5.33. The topological polar surface area (TPSA) is 75.9 Å². The molecule has 2 unspecified atom stereocenters. The number of benzene rings is 2. The molecule has 2 heterocycles. The van der Waals surface area contributed by atoms with Crippen LogP contribution in [-0.2, 0) is 16.0 Å². The van der Waals surface area contributed by atoms with Gasteiger partial charge >= 0.3 is 0 Å². The molecule has 0 bridgehead atoms. The van der Waals surface area contributed by atoms with Crippen molar-refractivity contribution in [3.63, 3.8) is 0 Å². The predicted molar refractivity (Wildman–Crippen MR) is 120 cm³/mol. The molecule has 0 aromatic heterocycles. The average Bonchev–Trinajstić information content (AvgIpc) is 3.16. The van der Waals surface area contributed by atoms with E-state index < -0.39 is 5.91 Å². The summed E-state index contributed by atoms with van der Waals surface area (Å²) < 4.78 is 18.9. The Kier molecular flexibility index (Phi) is 6.60. The third-order valence-corrected chi connectivity index (χ3v) is 7.04. The molecule has 0 spiro atoms. The smallest absolute Gasteiger partial charge is 0.248 e. The number of hydrogen-bond acceptors (Lipinski definition) is 5. The van der Waals surface area contributed by atoms with Crippen molar-refractivity contribution in [1.29, 1.82) is 0 Å². The number of rotatable bonds is 6. The number of primary amides is 1. The van der Waals surface area contributed by atoms with Crippen LogP contribution in [0.4, 0.5) is 10.1 Å². The van der Waals surface area contributed by atoms with Crippen molar-refractivity contribution < 1.29 is 18.7 Å². The third kappa shape index (κ3) is 4.76. The minimum atomic E-state index is -0.496. The van der Waals surface area contributed by atoms with Crippen molar-refractivity contribution in [2.45, 2.75) is 24.8 Å². The van der Waals surface area contributed by atoms with Crippen molar-refractivity contribution in [1.82, 2.24) is 4.90 Å². The highest BCUT2D eigenvalue weighted by molar-refractivity contribution is 8.00. The van der Waals surface area contributed by atoms with Crippen molar-refractivity contribution in [3.8, 4) is 0 Å². The van der Waals surface area contributed by atoms with Crippen molar-refractivity contribution in [2.24, 2.45) is 5.73 Å². The summed E-state index contributed by atoms with van der Waals surface area (Å²) in [6, 6.07) is 11.7. The monoisotopic (exact) mass is 443 g/mol. The lowest BCUT2D eigenvalue weighted by Gasteiger charge is -2.34. The Labute approximate surface area is 185 Å². The van der Waals surface area contributed by atoms with Crippen LogP contribution < -0.4 is 10.6 Å². The normalized spacial score (nSPS) is 20.8. The van der Waals surface area contributed by atoms with Crippen LogP contribution in [-0.4, -0.2) is 54.8 Å². The van der Waals surface area contributed by atoms with E-state index in [9.17, 15) is 14.0 Å². The first-order valence-corrected chi connectivity index (χ1v) is 11.4. The molecule has 2 atom stereocenters. The fraction of sp³-hybridized carbons (Fsp3) is 0.391. The number of morpholine rings is 1. The van der Waals surface area contributed by atoms with E-state index >= 15 is 0 Å². The van der Waals surface area contributed by atoms with E-state index in [-0.39, 0.29) is 23.1 Å². The summed E-state index contributed by atoms with van der Waals surface area (Å²) in [6.45, 7) is 5.24. The molecule has 2 aromatic rings. The molecule has 2 aliphatic heterocycles. The van der Waals surface area contributed by atoms with Crippen molar-refractivity contribution >= 4 is 29.3 Å². The zero-order valence-electron chi connectivity index (χ0n) is 17.4. The minimum Gasteiger partial charge on any atom is -0.379 e. The van der Waals surface area contributed by atoms with E-state index in [4.69, 9.17) is 10.5 Å². The lowest BCUT2D eigenvalue weighted by molar-refractivity contribution is -0.115. The van der Waals surface area contributed by atoms with Crippen LogP contribution >= 0.6 is 11.8 Å². The van der Waals surface area contributed by atoms with Gasteiger partial charge in [0, 0.05) is 30.4 Å². The van der Waals surface area contributed by atoms with Gasteiger partial charge < -0.3 is 10.5 Å². The molecular weight excluding hydrogens is 417 g/mol. The van der Waals surface area contributed by atoms with E-state index in [2.05, 4.69) is 11.8 Å². The number of hydrogen-bond donors (Lipinski definition) is 1. The van der Waals surface area contributed by atoms with Gasteiger partial charge in [-0.3, -0.25) is 19.4 Å². The van der Waals surface area contributed by atoms with Gasteiger partial charge in [-0.25, -0.2) is 4.39 Å². The molecule has 6 nitrogen and oxygen atoms in total. The highest BCUT2D eigenvalue weighted by atomic mass is 32.2. The third-order valence-electron chi connectivity index (χ3n) is 5.83. The predicted octanol–water partition coefficient (Wildman–Crippen LogP) is 2.97. The molecule has 0 saturated carbocycles. The summed E-state index contributed by atoms with van der Waals surface area (Å²) >= 11 is 1.51. The lowest BCUT2D eigenvalue weighted by atomic mass is 9.99. The summed E-state index contributed by atoms with van der Waals surface area (Å²) in [6.07, 6.45) is 0.668. The number of carbonyl (C=O) groups excluding carboxylic acids is 2. The molecule has 2 aliphatic rings. The van der Waals surface area contributed by atoms with Crippen molar-refractivity contribution in [2.75, 3.05) is 37.0 Å². The van der Waals surface area contributed by atoms with Crippen LogP contribution in [0.2, 0.25) is 0 Å². The molecule has 31 heavy (non-hydrogen) atoms. The van der Waals surface area contributed by atoms with Gasteiger partial charge in [-0.2, -0.15) is 0 Å². The molecule has 2 N–H and O–H groups in total. The first-order valence-electron chi connectivity index (χ1n) is 10.4. The maximum absolute atomic E-state index is 13.4. The standard InChI is InChI=1S/C23H26FN3O3S/c1-15(26-8-10-30-11-9-26)12-18-13-17(22(25)29)4-7-20(18)27-21(28)14-31-23(27)16-2-5-19(24)6-3-16/h2-7,13,15,23H,8-12,14H2,1H3,(H2,25,29). The molecule has 2 fully saturated rings. The van der Waals surface area contributed by atoms with Gasteiger partial charge in [0.05, 0.1) is 19.0 Å². The number of carbonyl (C=O) groups is 2. The molecule has 4 rings (SSSR count). The van der Waals surface area contributed by atoms with Gasteiger partial charge in [-0.05, 0) is 54.8 Å². The van der Waals surface area contributed by atoms with E-state index in [1.165, 1.54) is 23.9 Å². The highest BCUT2D eigenvalue weighted by Crippen LogP contribution is 2.43. The van der Waals surface area contributed by atoms with Gasteiger partial charge in [0.2, 0.25) is 11.8 Å². The second-order valence-corrected chi connectivity index (χ2v) is 8.96. The zero-order chi connectivity index (χ0) is 22.0. The Bertz CT molecular complexity index is 963. The molecule has 2 aromatic carbocycles. The summed E-state index contributed by atoms with van der Waals surface area (Å²) in [5.41, 5.74) is 8.49. The van der Waals surface area contributed by atoms with Crippen LogP contribution in [0.3, 0.4) is 0 Å². The van der Waals surface area contributed by atoms with Crippen molar-refractivity contribution in [3.05, 3.63) is 65.0 Å². The summed E-state index contributed by atoms with van der Waals surface area (Å²) in [4.78, 5) is 28.8. The van der Waals surface area contributed by atoms with Crippen LogP contribution in [0.25, 0.3) is 0 Å². The number of amides is 2. The first-order chi connectivity index (χ1) is 14.9. The van der Waals surface area contributed by atoms with Gasteiger partial charge in [-0.1, -0.05) is 12.1 Å². The molecule has 164 valence electrons. The number of nitrogens with zero attached hydrogens (tertiary/aromatic N) is 2. The van der Waals surface area contributed by atoms with E-state index in [1.54, 1.807) is 29.2 Å². The first kappa shape index (κ1) is 21.8. The SMILES string of the molecule is CC(Cc1cc(C(N)=O)ccc1N1C(=O)CSC1c1ccc(F)cc1)N1CCOCC1. The van der Waals surface area contributed by atoms with Gasteiger partial charge in [0.15, 0.2) is 0 Å². The Morgan fingerprint density at radius 3 is 2.61 bits per heavy atom. The zero-order valence-corrected chi connectivity index (χ0v) is 18.2. The number of thioether (sulfide) groups is 1. The van der Waals surface area contributed by atoms with E-state index in [0.29, 0.717) is 31.0 Å².